The van der Waals surface area contributed by atoms with Crippen LogP contribution in [-0.2, 0) is 22.4 Å². The van der Waals surface area contributed by atoms with Crippen molar-refractivity contribution in [3.63, 3.8) is 0 Å². The number of phenols is 2. The molecule has 2 aromatic rings. The quantitative estimate of drug-likeness (QED) is 0.0466. The third kappa shape index (κ3) is 11.9. The standard InChI is InChI=1S/C38H58N4O6/c1-5-9-13-15-20-28-22-18-24-30(32(28)43)34(45)39-41-36(47)38(26-12-8-4,27-17-11-7-3)37(48)42-40-35(46)31-25-19-23-29(33(31)44)21-16-14-10-6-2/h18-19,22-25,43-44H,5-17,20-21,26-27H2,1-4H3,(H,39,45)(H,40,46)(H,41,47)(H,42,48). The zero-order valence-electron chi connectivity index (χ0n) is 29.5. The smallest absolute Gasteiger partial charge is 0.273 e. The van der Waals surface area contributed by atoms with Crippen molar-refractivity contribution in [2.24, 2.45) is 5.41 Å². The van der Waals surface area contributed by atoms with Crippen molar-refractivity contribution in [1.29, 1.82) is 0 Å². The lowest BCUT2D eigenvalue weighted by Crippen LogP contribution is -2.58. The minimum atomic E-state index is -1.60. The van der Waals surface area contributed by atoms with Crippen molar-refractivity contribution in [3.05, 3.63) is 58.7 Å². The van der Waals surface area contributed by atoms with E-state index >= 15 is 0 Å². The van der Waals surface area contributed by atoms with Crippen molar-refractivity contribution >= 4 is 23.6 Å². The molecule has 0 aliphatic heterocycles. The number of unbranched alkanes of at least 4 members (excludes halogenated alkanes) is 9. The van der Waals surface area contributed by atoms with Crippen LogP contribution in [0.3, 0.4) is 0 Å². The summed E-state index contributed by atoms with van der Waals surface area (Å²) in [5.41, 5.74) is 9.46. The van der Waals surface area contributed by atoms with E-state index in [1.165, 1.54) is 12.1 Å². The van der Waals surface area contributed by atoms with E-state index in [0.29, 0.717) is 43.2 Å². The van der Waals surface area contributed by atoms with Gasteiger partial charge >= 0.3 is 0 Å². The van der Waals surface area contributed by atoms with Gasteiger partial charge in [0.05, 0.1) is 11.1 Å². The predicted molar refractivity (Wildman–Crippen MR) is 189 cm³/mol. The molecule has 0 aliphatic carbocycles. The van der Waals surface area contributed by atoms with Gasteiger partial charge in [-0.1, -0.05) is 123 Å². The summed E-state index contributed by atoms with van der Waals surface area (Å²) in [5, 5.41) is 21.6. The van der Waals surface area contributed by atoms with Crippen LogP contribution in [0.5, 0.6) is 11.5 Å². The molecule has 0 bridgehead atoms. The number of benzene rings is 2. The number of hydrazine groups is 2. The Bertz CT molecular complexity index is 1240. The molecule has 0 radical (unpaired) electrons. The van der Waals surface area contributed by atoms with Gasteiger partial charge in [0.1, 0.15) is 16.9 Å². The van der Waals surface area contributed by atoms with Crippen molar-refractivity contribution < 1.29 is 29.4 Å². The molecule has 0 heterocycles. The first-order valence-electron chi connectivity index (χ1n) is 18.0. The van der Waals surface area contributed by atoms with E-state index in [-0.39, 0.29) is 35.5 Å². The summed E-state index contributed by atoms with van der Waals surface area (Å²) >= 11 is 0. The zero-order valence-corrected chi connectivity index (χ0v) is 29.5. The highest BCUT2D eigenvalue weighted by Gasteiger charge is 2.45. The fraction of sp³-hybridized carbons (Fsp3) is 0.579. The number of para-hydroxylation sites is 2. The molecule has 0 fully saturated rings. The van der Waals surface area contributed by atoms with Gasteiger partial charge in [0.2, 0.25) is 0 Å². The highest BCUT2D eigenvalue weighted by molar-refractivity contribution is 6.07. The van der Waals surface area contributed by atoms with Gasteiger partial charge in [0.15, 0.2) is 0 Å². The second-order valence-corrected chi connectivity index (χ2v) is 12.7. The van der Waals surface area contributed by atoms with Gasteiger partial charge in [-0.05, 0) is 61.8 Å². The summed E-state index contributed by atoms with van der Waals surface area (Å²) in [7, 11) is 0. The molecule has 48 heavy (non-hydrogen) atoms. The monoisotopic (exact) mass is 666 g/mol. The van der Waals surface area contributed by atoms with Crippen LogP contribution >= 0.6 is 0 Å². The van der Waals surface area contributed by atoms with Crippen LogP contribution in [-0.4, -0.2) is 33.8 Å². The largest absolute Gasteiger partial charge is 0.507 e. The van der Waals surface area contributed by atoms with Gasteiger partial charge < -0.3 is 10.2 Å². The van der Waals surface area contributed by atoms with E-state index in [1.807, 2.05) is 13.8 Å². The lowest BCUT2D eigenvalue weighted by molar-refractivity contribution is -0.146. The minimum Gasteiger partial charge on any atom is -0.507 e. The summed E-state index contributed by atoms with van der Waals surface area (Å²) < 4.78 is 0. The number of phenolic OH excluding ortho intramolecular Hbond substituents is 2. The van der Waals surface area contributed by atoms with Gasteiger partial charge in [0, 0.05) is 0 Å². The van der Waals surface area contributed by atoms with Gasteiger partial charge in [-0.25, -0.2) is 0 Å². The van der Waals surface area contributed by atoms with Crippen molar-refractivity contribution in [3.8, 4) is 11.5 Å². The molecular formula is C38H58N4O6. The third-order valence-corrected chi connectivity index (χ3v) is 8.94. The summed E-state index contributed by atoms with van der Waals surface area (Å²) in [6.07, 6.45) is 13.3. The molecule has 2 rings (SSSR count). The second-order valence-electron chi connectivity index (χ2n) is 12.7. The van der Waals surface area contributed by atoms with E-state index in [0.717, 1.165) is 64.2 Å². The van der Waals surface area contributed by atoms with Crippen molar-refractivity contribution in [1.82, 2.24) is 21.7 Å². The average molecular weight is 667 g/mol. The maximum Gasteiger partial charge on any atom is 0.273 e. The van der Waals surface area contributed by atoms with Crippen LogP contribution in [0.2, 0.25) is 0 Å². The predicted octanol–water partition coefficient (Wildman–Crippen LogP) is 7.32. The summed E-state index contributed by atoms with van der Waals surface area (Å²) in [6.45, 7) is 8.22. The number of aryl methyl sites for hydroxylation is 2. The first-order chi connectivity index (χ1) is 23.2. The second kappa shape index (κ2) is 21.7. The lowest BCUT2D eigenvalue weighted by Gasteiger charge is -2.31. The van der Waals surface area contributed by atoms with Gasteiger partial charge in [0.25, 0.3) is 23.6 Å². The Morgan fingerprint density at radius 2 is 0.917 bits per heavy atom. The molecular weight excluding hydrogens is 608 g/mol. The van der Waals surface area contributed by atoms with E-state index in [2.05, 4.69) is 35.6 Å². The molecule has 0 spiro atoms. The number of aromatic hydroxyl groups is 2. The Kier molecular flexibility index (Phi) is 18.1. The normalized spacial score (nSPS) is 11.2. The molecule has 0 saturated carbocycles. The number of amides is 4. The van der Waals surface area contributed by atoms with Crippen molar-refractivity contribution in [2.75, 3.05) is 0 Å². The summed E-state index contributed by atoms with van der Waals surface area (Å²) in [4.78, 5) is 54.0. The average Bonchev–Trinajstić information content (AvgIpc) is 3.09. The zero-order chi connectivity index (χ0) is 35.4. The molecule has 0 aromatic heterocycles. The molecule has 10 heteroatoms. The fourth-order valence-electron chi connectivity index (χ4n) is 5.88. The maximum absolute atomic E-state index is 13.9. The molecule has 10 nitrogen and oxygen atoms in total. The highest BCUT2D eigenvalue weighted by atomic mass is 16.3. The van der Waals surface area contributed by atoms with Crippen LogP contribution in [0.4, 0.5) is 0 Å². The number of carbonyl (C=O) groups excluding carboxylic acids is 4. The van der Waals surface area contributed by atoms with Gasteiger partial charge in [-0.3, -0.25) is 40.9 Å². The molecule has 0 saturated heterocycles. The number of carbonyl (C=O) groups is 4. The van der Waals surface area contributed by atoms with E-state index < -0.39 is 29.0 Å². The van der Waals surface area contributed by atoms with E-state index in [9.17, 15) is 29.4 Å². The Morgan fingerprint density at radius 3 is 1.33 bits per heavy atom. The molecule has 0 atom stereocenters. The summed E-state index contributed by atoms with van der Waals surface area (Å²) in [6, 6.07) is 9.91. The van der Waals surface area contributed by atoms with Crippen LogP contribution in [0, 0.1) is 5.41 Å². The molecule has 6 N–H and O–H groups in total. The molecule has 4 amide bonds. The van der Waals surface area contributed by atoms with E-state index in [1.54, 1.807) is 24.3 Å². The first-order valence-corrected chi connectivity index (χ1v) is 18.0. The van der Waals surface area contributed by atoms with Crippen molar-refractivity contribution in [2.45, 2.75) is 137 Å². The Hall–Kier alpha value is -4.08. The van der Waals surface area contributed by atoms with Crippen LogP contribution in [0.15, 0.2) is 36.4 Å². The van der Waals surface area contributed by atoms with Crippen LogP contribution < -0.4 is 21.7 Å². The number of hydrogen-bond donors (Lipinski definition) is 6. The fourth-order valence-corrected chi connectivity index (χ4v) is 5.88. The summed E-state index contributed by atoms with van der Waals surface area (Å²) in [5.74, 6) is -3.08. The molecule has 0 unspecified atom stereocenters. The van der Waals surface area contributed by atoms with Crippen LogP contribution in [0.1, 0.15) is 156 Å². The molecule has 0 aliphatic rings. The minimum absolute atomic E-state index is 0.0255. The topological polar surface area (TPSA) is 157 Å². The first kappa shape index (κ1) is 40.1. The number of nitrogens with one attached hydrogen (secondary N) is 4. The highest BCUT2D eigenvalue weighted by Crippen LogP contribution is 2.33. The number of hydrogen-bond acceptors (Lipinski definition) is 6. The molecule has 266 valence electrons. The van der Waals surface area contributed by atoms with Gasteiger partial charge in [-0.15, -0.1) is 0 Å². The molecule has 2 aromatic carbocycles. The lowest BCUT2D eigenvalue weighted by atomic mass is 9.76. The SMILES string of the molecule is CCCCCCc1cccc(C(=O)NNC(=O)C(CCCC)(CCCCC)C(=O)NNC(=O)c2cccc(CCCCCC)c2O)c1O. The number of rotatable bonds is 21. The Balaban J connectivity index is 2.21. The van der Waals surface area contributed by atoms with Gasteiger partial charge in [-0.2, -0.15) is 0 Å². The Labute approximate surface area is 286 Å². The van der Waals surface area contributed by atoms with Crippen LogP contribution in [0.25, 0.3) is 0 Å². The Morgan fingerprint density at radius 1 is 0.521 bits per heavy atom. The maximum atomic E-state index is 13.9. The van der Waals surface area contributed by atoms with E-state index in [4.69, 9.17) is 0 Å². The third-order valence-electron chi connectivity index (χ3n) is 8.94.